The largest absolute Gasteiger partial charge is 0.482 e. The van der Waals surface area contributed by atoms with Gasteiger partial charge in [-0.05, 0) is 35.9 Å². The van der Waals surface area contributed by atoms with Crippen LogP contribution in [0.4, 0.5) is 11.4 Å². The van der Waals surface area contributed by atoms with Gasteiger partial charge in [-0.2, -0.15) is 0 Å². The second kappa shape index (κ2) is 5.69. The standard InChI is InChI=1S/C15H12Br2N2O2/c16-10-2-4-14-13(5-10)19(15(20)8-21-14)7-9-1-3-11(18)6-12(9)17/h1-6H,7-8,18H2. The molecule has 3 rings (SSSR count). The van der Waals surface area contributed by atoms with Crippen LogP contribution in [0.5, 0.6) is 5.75 Å². The zero-order valence-corrected chi connectivity index (χ0v) is 14.1. The number of amides is 1. The molecule has 21 heavy (non-hydrogen) atoms. The van der Waals surface area contributed by atoms with Crippen molar-refractivity contribution in [1.29, 1.82) is 0 Å². The zero-order valence-electron chi connectivity index (χ0n) is 11.0. The number of nitrogens with two attached hydrogens (primary N) is 1. The van der Waals surface area contributed by atoms with Gasteiger partial charge in [-0.25, -0.2) is 0 Å². The van der Waals surface area contributed by atoms with Gasteiger partial charge in [0.1, 0.15) is 5.75 Å². The number of anilines is 2. The van der Waals surface area contributed by atoms with Crippen LogP contribution >= 0.6 is 31.9 Å². The molecule has 0 bridgehead atoms. The van der Waals surface area contributed by atoms with E-state index in [0.29, 0.717) is 18.0 Å². The molecule has 1 aliphatic heterocycles. The number of carbonyl (C=O) groups excluding carboxylic acids is 1. The maximum atomic E-state index is 12.2. The van der Waals surface area contributed by atoms with Crippen molar-refractivity contribution in [3.05, 3.63) is 50.9 Å². The first-order chi connectivity index (χ1) is 10.0. The summed E-state index contributed by atoms with van der Waals surface area (Å²) in [7, 11) is 0. The van der Waals surface area contributed by atoms with E-state index < -0.39 is 0 Å². The normalized spacial score (nSPS) is 13.8. The van der Waals surface area contributed by atoms with Gasteiger partial charge in [-0.1, -0.05) is 37.9 Å². The fourth-order valence-electron chi connectivity index (χ4n) is 2.21. The minimum Gasteiger partial charge on any atom is -0.482 e. The van der Waals surface area contributed by atoms with Crippen LogP contribution in [0.1, 0.15) is 5.56 Å². The molecule has 0 saturated carbocycles. The van der Waals surface area contributed by atoms with E-state index in [-0.39, 0.29) is 12.5 Å². The Hall–Kier alpha value is -1.53. The van der Waals surface area contributed by atoms with E-state index in [4.69, 9.17) is 10.5 Å². The minimum atomic E-state index is -0.0654. The minimum absolute atomic E-state index is 0.0568. The molecule has 108 valence electrons. The van der Waals surface area contributed by atoms with Crippen LogP contribution < -0.4 is 15.4 Å². The summed E-state index contributed by atoms with van der Waals surface area (Å²) in [5.74, 6) is 0.647. The topological polar surface area (TPSA) is 55.6 Å². The predicted octanol–water partition coefficient (Wildman–Crippen LogP) is 3.72. The summed E-state index contributed by atoms with van der Waals surface area (Å²) in [6, 6.07) is 11.2. The first-order valence-corrected chi connectivity index (χ1v) is 7.90. The fraction of sp³-hybridized carbons (Fsp3) is 0.133. The van der Waals surface area contributed by atoms with Crippen molar-refractivity contribution in [2.24, 2.45) is 0 Å². The molecule has 4 nitrogen and oxygen atoms in total. The second-order valence-electron chi connectivity index (χ2n) is 4.73. The van der Waals surface area contributed by atoms with Crippen LogP contribution in [0.15, 0.2) is 45.3 Å². The van der Waals surface area contributed by atoms with Crippen molar-refractivity contribution in [2.75, 3.05) is 17.2 Å². The molecular formula is C15H12Br2N2O2. The number of nitrogens with zero attached hydrogens (tertiary/aromatic N) is 1. The Morgan fingerprint density at radius 1 is 1.19 bits per heavy atom. The van der Waals surface area contributed by atoms with Gasteiger partial charge < -0.3 is 15.4 Å². The molecule has 1 amide bonds. The van der Waals surface area contributed by atoms with E-state index in [2.05, 4.69) is 31.9 Å². The monoisotopic (exact) mass is 410 g/mol. The number of hydrogen-bond acceptors (Lipinski definition) is 3. The van der Waals surface area contributed by atoms with Crippen molar-refractivity contribution < 1.29 is 9.53 Å². The lowest BCUT2D eigenvalue weighted by Gasteiger charge is -2.30. The van der Waals surface area contributed by atoms with E-state index >= 15 is 0 Å². The SMILES string of the molecule is Nc1ccc(CN2C(=O)COc3ccc(Br)cc32)c(Br)c1. The van der Waals surface area contributed by atoms with Gasteiger partial charge in [0.15, 0.2) is 6.61 Å². The Bertz CT molecular complexity index is 719. The summed E-state index contributed by atoms with van der Waals surface area (Å²) in [5, 5.41) is 0. The second-order valence-corrected chi connectivity index (χ2v) is 6.50. The van der Waals surface area contributed by atoms with Crippen molar-refractivity contribution in [3.8, 4) is 5.75 Å². The molecule has 1 heterocycles. The van der Waals surface area contributed by atoms with E-state index in [1.54, 1.807) is 4.90 Å². The highest BCUT2D eigenvalue weighted by Gasteiger charge is 2.26. The molecule has 0 unspecified atom stereocenters. The van der Waals surface area contributed by atoms with Crippen LogP contribution in [-0.4, -0.2) is 12.5 Å². The summed E-state index contributed by atoms with van der Waals surface area (Å²) in [5.41, 5.74) is 8.19. The highest BCUT2D eigenvalue weighted by Crippen LogP contribution is 2.36. The number of fused-ring (bicyclic) bond motifs is 1. The molecule has 1 aliphatic rings. The summed E-state index contributed by atoms with van der Waals surface area (Å²) in [6.45, 7) is 0.522. The Morgan fingerprint density at radius 3 is 2.76 bits per heavy atom. The summed E-state index contributed by atoms with van der Waals surface area (Å²) in [6.07, 6.45) is 0. The first-order valence-electron chi connectivity index (χ1n) is 6.31. The summed E-state index contributed by atoms with van der Waals surface area (Å²) in [4.78, 5) is 13.9. The van der Waals surface area contributed by atoms with E-state index in [1.807, 2.05) is 36.4 Å². The lowest BCUT2D eigenvalue weighted by atomic mass is 10.1. The molecule has 2 N–H and O–H groups in total. The maximum absolute atomic E-state index is 12.2. The van der Waals surface area contributed by atoms with Gasteiger partial charge in [0.05, 0.1) is 12.2 Å². The molecule has 0 atom stereocenters. The molecule has 0 aromatic heterocycles. The van der Waals surface area contributed by atoms with Gasteiger partial charge in [-0.15, -0.1) is 0 Å². The van der Waals surface area contributed by atoms with Gasteiger partial charge in [0, 0.05) is 14.6 Å². The van der Waals surface area contributed by atoms with Crippen molar-refractivity contribution in [2.45, 2.75) is 6.54 Å². The maximum Gasteiger partial charge on any atom is 0.265 e. The molecule has 2 aromatic rings. The van der Waals surface area contributed by atoms with Crippen molar-refractivity contribution in [3.63, 3.8) is 0 Å². The Labute approximate surface area is 139 Å². The molecule has 6 heteroatoms. The number of ether oxygens (including phenoxy) is 1. The molecule has 0 saturated heterocycles. The van der Waals surface area contributed by atoms with Crippen LogP contribution in [0.25, 0.3) is 0 Å². The first kappa shape index (κ1) is 14.4. The quantitative estimate of drug-likeness (QED) is 0.766. The molecule has 0 spiro atoms. The number of nitrogen functional groups attached to an aromatic ring is 1. The van der Waals surface area contributed by atoms with Crippen LogP contribution in [0, 0.1) is 0 Å². The summed E-state index contributed by atoms with van der Waals surface area (Å²) >= 11 is 6.92. The lowest BCUT2D eigenvalue weighted by molar-refractivity contribution is -0.121. The van der Waals surface area contributed by atoms with E-state index in [9.17, 15) is 4.79 Å². The van der Waals surface area contributed by atoms with Crippen molar-refractivity contribution in [1.82, 2.24) is 0 Å². The molecule has 0 fully saturated rings. The highest BCUT2D eigenvalue weighted by molar-refractivity contribution is 9.10. The third-order valence-corrected chi connectivity index (χ3v) is 4.50. The molecule has 0 aliphatic carbocycles. The van der Waals surface area contributed by atoms with Gasteiger partial charge in [0.2, 0.25) is 0 Å². The van der Waals surface area contributed by atoms with Crippen molar-refractivity contribution >= 4 is 49.1 Å². The fourth-order valence-corrected chi connectivity index (χ4v) is 3.08. The number of halogens is 2. The molecule has 2 aromatic carbocycles. The number of hydrogen-bond donors (Lipinski definition) is 1. The smallest absolute Gasteiger partial charge is 0.265 e. The lowest BCUT2D eigenvalue weighted by Crippen LogP contribution is -2.38. The van der Waals surface area contributed by atoms with Crippen LogP contribution in [0.3, 0.4) is 0 Å². The molecular weight excluding hydrogens is 400 g/mol. The van der Waals surface area contributed by atoms with E-state index in [1.165, 1.54) is 0 Å². The predicted molar refractivity (Wildman–Crippen MR) is 89.4 cm³/mol. The van der Waals surface area contributed by atoms with Gasteiger partial charge in [0.25, 0.3) is 5.91 Å². The molecule has 0 radical (unpaired) electrons. The Kier molecular flexibility index (Phi) is 3.91. The van der Waals surface area contributed by atoms with Crippen LogP contribution in [-0.2, 0) is 11.3 Å². The third kappa shape index (κ3) is 2.91. The van der Waals surface area contributed by atoms with Gasteiger partial charge >= 0.3 is 0 Å². The van der Waals surface area contributed by atoms with E-state index in [0.717, 1.165) is 20.2 Å². The number of carbonyl (C=O) groups is 1. The Morgan fingerprint density at radius 2 is 2.00 bits per heavy atom. The van der Waals surface area contributed by atoms with Gasteiger partial charge in [-0.3, -0.25) is 4.79 Å². The zero-order chi connectivity index (χ0) is 15.0. The number of benzene rings is 2. The number of rotatable bonds is 2. The summed E-state index contributed by atoms with van der Waals surface area (Å²) < 4.78 is 7.26. The van der Waals surface area contributed by atoms with Crippen LogP contribution in [0.2, 0.25) is 0 Å². The Balaban J connectivity index is 1.98. The average molecular weight is 412 g/mol. The average Bonchev–Trinajstić information content (AvgIpc) is 2.44. The third-order valence-electron chi connectivity index (χ3n) is 3.27. The highest BCUT2D eigenvalue weighted by atomic mass is 79.9.